The van der Waals surface area contributed by atoms with Crippen LogP contribution in [0.2, 0.25) is 0 Å². The molecule has 0 spiro atoms. The lowest BCUT2D eigenvalue weighted by atomic mass is 10.1. The molecule has 1 aromatic heterocycles. The zero-order valence-corrected chi connectivity index (χ0v) is 17.3. The quantitative estimate of drug-likeness (QED) is 0.548. The lowest BCUT2D eigenvalue weighted by Crippen LogP contribution is -2.24. The molecule has 3 aromatic rings. The Bertz CT molecular complexity index is 1020. The SMILES string of the molecule is CCn1c(SCC(=O)NCc2ccc(C(F)(F)F)cc2)nnc1-c1ccccc1C. The first-order chi connectivity index (χ1) is 14.3. The second-order valence-corrected chi connectivity index (χ2v) is 7.57. The molecule has 0 radical (unpaired) electrons. The summed E-state index contributed by atoms with van der Waals surface area (Å²) in [5.41, 5.74) is 1.97. The molecule has 1 heterocycles. The predicted octanol–water partition coefficient (Wildman–Crippen LogP) is 4.70. The zero-order valence-electron chi connectivity index (χ0n) is 16.5. The monoisotopic (exact) mass is 434 g/mol. The Morgan fingerprint density at radius 3 is 2.43 bits per heavy atom. The Morgan fingerprint density at radius 2 is 1.80 bits per heavy atom. The summed E-state index contributed by atoms with van der Waals surface area (Å²) in [7, 11) is 0. The van der Waals surface area contributed by atoms with Crippen LogP contribution in [0.5, 0.6) is 0 Å². The van der Waals surface area contributed by atoms with Crippen molar-refractivity contribution in [1.29, 1.82) is 0 Å². The lowest BCUT2D eigenvalue weighted by Gasteiger charge is -2.10. The summed E-state index contributed by atoms with van der Waals surface area (Å²) in [6.07, 6.45) is -4.37. The number of benzene rings is 2. The molecule has 0 unspecified atom stereocenters. The first-order valence-electron chi connectivity index (χ1n) is 9.34. The summed E-state index contributed by atoms with van der Waals surface area (Å²) in [4.78, 5) is 12.2. The third kappa shape index (κ3) is 5.21. The Morgan fingerprint density at radius 1 is 1.10 bits per heavy atom. The number of carbonyl (C=O) groups is 1. The smallest absolute Gasteiger partial charge is 0.351 e. The van der Waals surface area contributed by atoms with Gasteiger partial charge in [0.2, 0.25) is 5.91 Å². The zero-order chi connectivity index (χ0) is 21.7. The second kappa shape index (κ2) is 9.34. The fraction of sp³-hybridized carbons (Fsp3) is 0.286. The Labute approximate surface area is 176 Å². The number of nitrogens with one attached hydrogen (secondary N) is 1. The number of alkyl halides is 3. The molecular weight excluding hydrogens is 413 g/mol. The van der Waals surface area contributed by atoms with Crippen molar-refractivity contribution in [1.82, 2.24) is 20.1 Å². The number of aryl methyl sites for hydroxylation is 1. The van der Waals surface area contributed by atoms with Crippen LogP contribution in [0, 0.1) is 6.92 Å². The maximum Gasteiger partial charge on any atom is 0.416 e. The van der Waals surface area contributed by atoms with Gasteiger partial charge < -0.3 is 9.88 Å². The van der Waals surface area contributed by atoms with Crippen molar-refractivity contribution in [3.63, 3.8) is 0 Å². The number of thioether (sulfide) groups is 1. The molecule has 3 rings (SSSR count). The van der Waals surface area contributed by atoms with Crippen LogP contribution in [0.25, 0.3) is 11.4 Å². The van der Waals surface area contributed by atoms with E-state index in [9.17, 15) is 18.0 Å². The Kier molecular flexibility index (Phi) is 6.81. The molecule has 0 atom stereocenters. The fourth-order valence-electron chi connectivity index (χ4n) is 2.90. The van der Waals surface area contributed by atoms with E-state index in [1.807, 2.05) is 42.7 Å². The standard InChI is InChI=1S/C21H21F3N4OS/c1-3-28-19(17-7-5-4-6-14(17)2)26-27-20(28)30-13-18(29)25-12-15-8-10-16(11-9-15)21(22,23)24/h4-11H,3,12-13H2,1-2H3,(H,25,29). The maximum atomic E-state index is 12.6. The minimum atomic E-state index is -4.37. The van der Waals surface area contributed by atoms with E-state index in [4.69, 9.17) is 0 Å². The Balaban J connectivity index is 1.58. The van der Waals surface area contributed by atoms with Crippen LogP contribution in [-0.4, -0.2) is 26.4 Å². The average molecular weight is 434 g/mol. The van der Waals surface area contributed by atoms with Crippen molar-refractivity contribution < 1.29 is 18.0 Å². The lowest BCUT2D eigenvalue weighted by molar-refractivity contribution is -0.137. The van der Waals surface area contributed by atoms with Crippen molar-refractivity contribution in [2.45, 2.75) is 38.3 Å². The van der Waals surface area contributed by atoms with E-state index in [-0.39, 0.29) is 18.2 Å². The van der Waals surface area contributed by atoms with Crippen molar-refractivity contribution in [3.8, 4) is 11.4 Å². The molecule has 0 bridgehead atoms. The van der Waals surface area contributed by atoms with E-state index >= 15 is 0 Å². The number of halogens is 3. The van der Waals surface area contributed by atoms with Gasteiger partial charge in [-0.05, 0) is 37.1 Å². The molecule has 0 aliphatic heterocycles. The highest BCUT2D eigenvalue weighted by Gasteiger charge is 2.29. The highest BCUT2D eigenvalue weighted by Crippen LogP contribution is 2.29. The second-order valence-electron chi connectivity index (χ2n) is 6.63. The van der Waals surface area contributed by atoms with Gasteiger partial charge in [0.05, 0.1) is 11.3 Å². The van der Waals surface area contributed by atoms with E-state index in [2.05, 4.69) is 15.5 Å². The van der Waals surface area contributed by atoms with Crippen LogP contribution in [0.3, 0.4) is 0 Å². The number of hydrogen-bond donors (Lipinski definition) is 1. The summed E-state index contributed by atoms with van der Waals surface area (Å²) in [5, 5.41) is 11.9. The topological polar surface area (TPSA) is 59.8 Å². The van der Waals surface area contributed by atoms with Gasteiger partial charge in [0.1, 0.15) is 0 Å². The van der Waals surface area contributed by atoms with Gasteiger partial charge in [0.15, 0.2) is 11.0 Å². The van der Waals surface area contributed by atoms with E-state index < -0.39 is 11.7 Å². The number of aromatic nitrogens is 3. The van der Waals surface area contributed by atoms with Gasteiger partial charge >= 0.3 is 6.18 Å². The van der Waals surface area contributed by atoms with Crippen molar-refractivity contribution in [2.24, 2.45) is 0 Å². The fourth-order valence-corrected chi connectivity index (χ4v) is 3.73. The molecule has 1 N–H and O–H groups in total. The minimum absolute atomic E-state index is 0.131. The van der Waals surface area contributed by atoms with E-state index in [1.54, 1.807) is 0 Å². The van der Waals surface area contributed by atoms with Gasteiger partial charge in [-0.3, -0.25) is 4.79 Å². The number of nitrogens with zero attached hydrogens (tertiary/aromatic N) is 3. The summed E-state index contributed by atoms with van der Waals surface area (Å²) in [6, 6.07) is 12.6. The predicted molar refractivity (Wildman–Crippen MR) is 110 cm³/mol. The van der Waals surface area contributed by atoms with Crippen molar-refractivity contribution >= 4 is 17.7 Å². The number of amides is 1. The Hall–Kier alpha value is -2.81. The largest absolute Gasteiger partial charge is 0.416 e. The van der Waals surface area contributed by atoms with Gasteiger partial charge in [-0.15, -0.1) is 10.2 Å². The van der Waals surface area contributed by atoms with Crippen LogP contribution >= 0.6 is 11.8 Å². The third-order valence-electron chi connectivity index (χ3n) is 4.52. The van der Waals surface area contributed by atoms with Crippen LogP contribution in [0.1, 0.15) is 23.6 Å². The molecule has 9 heteroatoms. The molecule has 0 aliphatic carbocycles. The van der Waals surface area contributed by atoms with Crippen LogP contribution in [0.15, 0.2) is 53.7 Å². The van der Waals surface area contributed by atoms with E-state index in [0.717, 1.165) is 29.1 Å². The van der Waals surface area contributed by atoms with Gasteiger partial charge in [0.25, 0.3) is 0 Å². The highest BCUT2D eigenvalue weighted by atomic mass is 32.2. The maximum absolute atomic E-state index is 12.6. The van der Waals surface area contributed by atoms with E-state index in [0.29, 0.717) is 17.3 Å². The molecule has 0 fully saturated rings. The number of carbonyl (C=O) groups excluding carboxylic acids is 1. The van der Waals surface area contributed by atoms with Crippen LogP contribution in [0.4, 0.5) is 13.2 Å². The molecule has 30 heavy (non-hydrogen) atoms. The number of hydrogen-bond acceptors (Lipinski definition) is 4. The van der Waals surface area contributed by atoms with Gasteiger partial charge in [0, 0.05) is 18.7 Å². The normalized spacial score (nSPS) is 11.5. The molecule has 158 valence electrons. The third-order valence-corrected chi connectivity index (χ3v) is 5.49. The first-order valence-corrected chi connectivity index (χ1v) is 10.3. The van der Waals surface area contributed by atoms with Crippen LogP contribution in [-0.2, 0) is 24.1 Å². The molecule has 1 amide bonds. The van der Waals surface area contributed by atoms with E-state index in [1.165, 1.54) is 23.9 Å². The van der Waals surface area contributed by atoms with Gasteiger partial charge in [-0.2, -0.15) is 13.2 Å². The van der Waals surface area contributed by atoms with Crippen molar-refractivity contribution in [3.05, 3.63) is 65.2 Å². The molecule has 5 nitrogen and oxygen atoms in total. The van der Waals surface area contributed by atoms with Crippen LogP contribution < -0.4 is 5.32 Å². The summed E-state index contributed by atoms with van der Waals surface area (Å²) in [5.74, 6) is 0.651. The first kappa shape index (κ1) is 21.9. The number of rotatable bonds is 7. The molecule has 0 saturated heterocycles. The van der Waals surface area contributed by atoms with Gasteiger partial charge in [-0.25, -0.2) is 0 Å². The average Bonchev–Trinajstić information content (AvgIpc) is 3.13. The molecule has 2 aromatic carbocycles. The molecular formula is C21H21F3N4OS. The molecule has 0 aliphatic rings. The van der Waals surface area contributed by atoms with Gasteiger partial charge in [-0.1, -0.05) is 48.2 Å². The van der Waals surface area contributed by atoms with Crippen molar-refractivity contribution in [2.75, 3.05) is 5.75 Å². The summed E-state index contributed by atoms with van der Waals surface area (Å²) in [6.45, 7) is 4.81. The summed E-state index contributed by atoms with van der Waals surface area (Å²) >= 11 is 1.27. The highest BCUT2D eigenvalue weighted by molar-refractivity contribution is 7.99. The summed E-state index contributed by atoms with van der Waals surface area (Å²) < 4.78 is 39.8. The minimum Gasteiger partial charge on any atom is -0.351 e. The molecule has 0 saturated carbocycles.